The van der Waals surface area contributed by atoms with E-state index < -0.39 is 35.4 Å². The van der Waals surface area contributed by atoms with Gasteiger partial charge in [0.2, 0.25) is 11.8 Å². The molecular formula is C23H24ClN5O5. The van der Waals surface area contributed by atoms with Gasteiger partial charge in [-0.1, -0.05) is 48.9 Å². The number of carbonyl (C=O) groups is 3. The number of aromatic nitrogens is 2. The van der Waals surface area contributed by atoms with Crippen LogP contribution in [0.3, 0.4) is 0 Å². The highest BCUT2D eigenvalue weighted by atomic mass is 35.5. The summed E-state index contributed by atoms with van der Waals surface area (Å²) in [5, 5.41) is 19.5. The summed E-state index contributed by atoms with van der Waals surface area (Å²) in [5.74, 6) is -1.49. The summed E-state index contributed by atoms with van der Waals surface area (Å²) in [4.78, 5) is 49.6. The van der Waals surface area contributed by atoms with Crippen molar-refractivity contribution in [3.8, 4) is 0 Å². The van der Waals surface area contributed by atoms with E-state index in [0.29, 0.717) is 27.1 Å². The maximum Gasteiger partial charge on any atom is 0.404 e. The second kappa shape index (κ2) is 10.8. The smallest absolute Gasteiger partial charge is 0.404 e. The van der Waals surface area contributed by atoms with E-state index in [1.165, 1.54) is 0 Å². The van der Waals surface area contributed by atoms with Crippen LogP contribution in [0, 0.1) is 5.92 Å². The molecule has 0 bridgehead atoms. The highest BCUT2D eigenvalue weighted by molar-refractivity contribution is 6.30. The van der Waals surface area contributed by atoms with E-state index >= 15 is 0 Å². The van der Waals surface area contributed by atoms with Crippen molar-refractivity contribution < 1.29 is 19.5 Å². The van der Waals surface area contributed by atoms with Gasteiger partial charge in [-0.25, -0.2) is 10.2 Å². The van der Waals surface area contributed by atoms with Crippen molar-refractivity contribution in [3.63, 3.8) is 0 Å². The summed E-state index contributed by atoms with van der Waals surface area (Å²) in [5.41, 5.74) is 3.05. The van der Waals surface area contributed by atoms with Gasteiger partial charge >= 0.3 is 6.09 Å². The van der Waals surface area contributed by atoms with Gasteiger partial charge in [0.05, 0.1) is 30.0 Å². The second-order valence-electron chi connectivity index (χ2n) is 7.79. The molecule has 0 saturated heterocycles. The van der Waals surface area contributed by atoms with Gasteiger partial charge in [0.1, 0.15) is 0 Å². The van der Waals surface area contributed by atoms with E-state index in [2.05, 4.69) is 21.2 Å². The molecule has 0 fully saturated rings. The molecule has 3 rings (SSSR count). The summed E-state index contributed by atoms with van der Waals surface area (Å²) in [6, 6.07) is 12.9. The van der Waals surface area contributed by atoms with Crippen molar-refractivity contribution in [3.05, 3.63) is 75.2 Å². The van der Waals surface area contributed by atoms with E-state index in [1.807, 2.05) is 0 Å². The van der Waals surface area contributed by atoms with Crippen LogP contribution in [0.2, 0.25) is 5.02 Å². The maximum absolute atomic E-state index is 12.9. The Labute approximate surface area is 199 Å². The van der Waals surface area contributed by atoms with E-state index in [-0.39, 0.29) is 13.0 Å². The lowest BCUT2D eigenvalue weighted by Crippen LogP contribution is -2.43. The third-order valence-electron chi connectivity index (χ3n) is 5.33. The molecule has 3 amide bonds. The standard InChI is InChI=1S/C23H24ClN5O5/c1-13(14(2)26-23(33)34)21(31)25-12-19-17-5-3-4-6-18(17)22(32)29(27-19)28-20(30)11-15-7-9-16(24)10-8-15/h3-10,13-14,26H,11-12H2,1-2H3,(H,25,31)(H,28,30)(H,33,34)/t13?,14-/m0/s1. The first-order valence-corrected chi connectivity index (χ1v) is 10.9. The number of benzene rings is 2. The second-order valence-corrected chi connectivity index (χ2v) is 8.23. The summed E-state index contributed by atoms with van der Waals surface area (Å²) < 4.78 is 0. The van der Waals surface area contributed by atoms with Crippen LogP contribution in [0.15, 0.2) is 53.3 Å². The Morgan fingerprint density at radius 1 is 1.06 bits per heavy atom. The van der Waals surface area contributed by atoms with Crippen LogP contribution in [-0.2, 0) is 22.6 Å². The summed E-state index contributed by atoms with van der Waals surface area (Å²) in [6.07, 6.45) is -1.21. The lowest BCUT2D eigenvalue weighted by molar-refractivity contribution is -0.125. The summed E-state index contributed by atoms with van der Waals surface area (Å²) in [6.45, 7) is 3.15. The van der Waals surface area contributed by atoms with Crippen molar-refractivity contribution in [2.75, 3.05) is 5.43 Å². The van der Waals surface area contributed by atoms with Gasteiger partial charge in [-0.3, -0.25) is 14.4 Å². The van der Waals surface area contributed by atoms with Crippen molar-refractivity contribution >= 4 is 40.3 Å². The molecule has 10 nitrogen and oxygen atoms in total. The van der Waals surface area contributed by atoms with Crippen LogP contribution in [0.1, 0.15) is 25.1 Å². The molecule has 0 spiro atoms. The average Bonchev–Trinajstić information content (AvgIpc) is 2.80. The van der Waals surface area contributed by atoms with Crippen LogP contribution >= 0.6 is 11.6 Å². The Balaban J connectivity index is 1.80. The van der Waals surface area contributed by atoms with Crippen LogP contribution in [0.4, 0.5) is 4.79 Å². The van der Waals surface area contributed by atoms with Crippen LogP contribution in [-0.4, -0.2) is 38.9 Å². The molecule has 0 aliphatic carbocycles. The van der Waals surface area contributed by atoms with Crippen LogP contribution in [0.25, 0.3) is 10.8 Å². The fourth-order valence-electron chi connectivity index (χ4n) is 3.29. The van der Waals surface area contributed by atoms with Crippen LogP contribution < -0.4 is 21.6 Å². The molecule has 0 radical (unpaired) electrons. The molecule has 1 unspecified atom stereocenters. The number of amides is 3. The molecule has 11 heteroatoms. The minimum Gasteiger partial charge on any atom is -0.465 e. The largest absolute Gasteiger partial charge is 0.465 e. The summed E-state index contributed by atoms with van der Waals surface area (Å²) >= 11 is 5.87. The Morgan fingerprint density at radius 2 is 1.71 bits per heavy atom. The van der Waals surface area contributed by atoms with Crippen molar-refractivity contribution in [2.24, 2.45) is 5.92 Å². The predicted molar refractivity (Wildman–Crippen MR) is 127 cm³/mol. The average molecular weight is 486 g/mol. The van der Waals surface area contributed by atoms with E-state index in [4.69, 9.17) is 16.7 Å². The zero-order valence-electron chi connectivity index (χ0n) is 18.5. The van der Waals surface area contributed by atoms with Gasteiger partial charge in [0.25, 0.3) is 5.56 Å². The Bertz CT molecular complexity index is 1270. The van der Waals surface area contributed by atoms with Gasteiger partial charge in [-0.2, -0.15) is 5.10 Å². The quantitative estimate of drug-likeness (QED) is 0.385. The maximum atomic E-state index is 12.9. The predicted octanol–water partition coefficient (Wildman–Crippen LogP) is 2.27. The number of carbonyl (C=O) groups excluding carboxylic acids is 2. The third-order valence-corrected chi connectivity index (χ3v) is 5.59. The van der Waals surface area contributed by atoms with Gasteiger partial charge in [0.15, 0.2) is 0 Å². The summed E-state index contributed by atoms with van der Waals surface area (Å²) in [7, 11) is 0. The zero-order chi connectivity index (χ0) is 24.8. The van der Waals surface area contributed by atoms with Crippen molar-refractivity contribution in [1.29, 1.82) is 0 Å². The first kappa shape index (κ1) is 24.7. The number of fused-ring (bicyclic) bond motifs is 1. The lowest BCUT2D eigenvalue weighted by Gasteiger charge is -2.19. The molecule has 34 heavy (non-hydrogen) atoms. The molecule has 1 heterocycles. The highest BCUT2D eigenvalue weighted by Crippen LogP contribution is 2.14. The molecular weight excluding hydrogens is 462 g/mol. The molecule has 1 aromatic heterocycles. The Morgan fingerprint density at radius 3 is 2.35 bits per heavy atom. The van der Waals surface area contributed by atoms with Gasteiger partial charge in [-0.05, 0) is 30.7 Å². The Kier molecular flexibility index (Phi) is 7.85. The fraction of sp³-hybridized carbons (Fsp3) is 0.261. The van der Waals surface area contributed by atoms with Gasteiger partial charge in [0, 0.05) is 16.5 Å². The fourth-order valence-corrected chi connectivity index (χ4v) is 3.41. The number of nitrogens with one attached hydrogen (secondary N) is 3. The molecule has 2 aromatic carbocycles. The minimum absolute atomic E-state index is 0.0101. The van der Waals surface area contributed by atoms with E-state index in [0.717, 1.165) is 4.79 Å². The first-order valence-electron chi connectivity index (χ1n) is 10.5. The molecule has 178 valence electrons. The van der Waals surface area contributed by atoms with E-state index in [9.17, 15) is 19.2 Å². The van der Waals surface area contributed by atoms with Crippen molar-refractivity contribution in [2.45, 2.75) is 32.9 Å². The number of hydrogen-bond donors (Lipinski definition) is 4. The number of halogens is 1. The highest BCUT2D eigenvalue weighted by Gasteiger charge is 2.22. The molecule has 3 aromatic rings. The Hall–Kier alpha value is -3.92. The lowest BCUT2D eigenvalue weighted by atomic mass is 10.0. The van der Waals surface area contributed by atoms with Gasteiger partial charge < -0.3 is 15.7 Å². The molecule has 0 aliphatic heterocycles. The number of carboxylic acid groups (broad SMARTS) is 1. The minimum atomic E-state index is -1.22. The van der Waals surface area contributed by atoms with Gasteiger partial charge in [-0.15, -0.1) is 4.79 Å². The molecule has 4 N–H and O–H groups in total. The normalized spacial score (nSPS) is 12.6. The SMILES string of the molecule is CC(C(=O)NCc1nn(NC(=O)Cc2ccc(Cl)cc2)c(=O)c2ccccc12)[C@H](C)NC(=O)O. The number of rotatable bonds is 8. The monoisotopic (exact) mass is 485 g/mol. The zero-order valence-corrected chi connectivity index (χ0v) is 19.3. The van der Waals surface area contributed by atoms with E-state index in [1.54, 1.807) is 62.4 Å². The number of nitrogens with zero attached hydrogens (tertiary/aromatic N) is 2. The molecule has 0 saturated carbocycles. The number of hydrogen-bond acceptors (Lipinski definition) is 5. The topological polar surface area (TPSA) is 142 Å². The first-order chi connectivity index (χ1) is 16.2. The van der Waals surface area contributed by atoms with Crippen molar-refractivity contribution in [1.82, 2.24) is 20.5 Å². The third kappa shape index (κ3) is 6.10. The molecule has 0 aliphatic rings. The molecule has 2 atom stereocenters. The van der Waals surface area contributed by atoms with Crippen LogP contribution in [0.5, 0.6) is 0 Å².